The van der Waals surface area contributed by atoms with Gasteiger partial charge in [-0.2, -0.15) is 0 Å². The SMILES string of the molecule is Oc1ccc2oc3ccccc3c2c1Nc1ccc(-n2c3c(c4cc5ccccc5cc42)C=C2C=CC=CC2C3)cc1. The van der Waals surface area contributed by atoms with Crippen LogP contribution < -0.4 is 5.32 Å². The number of para-hydroxylation sites is 1. The topological polar surface area (TPSA) is 50.3 Å². The largest absolute Gasteiger partial charge is 0.506 e. The van der Waals surface area contributed by atoms with E-state index in [1.54, 1.807) is 6.07 Å². The highest BCUT2D eigenvalue weighted by atomic mass is 16.3. The summed E-state index contributed by atoms with van der Waals surface area (Å²) in [6.07, 6.45) is 12.2. The van der Waals surface area contributed by atoms with Crippen LogP contribution in [0.1, 0.15) is 11.3 Å². The van der Waals surface area contributed by atoms with Crippen molar-refractivity contribution in [3.8, 4) is 11.4 Å². The standard InChI is InChI=1S/C38H26N2O2/c41-34-17-18-36-37(29-11-5-6-12-35(29)42-36)38(34)39-27-13-15-28(16-14-27)40-32-21-25-9-3-1-7-23(25)19-30(32)31-20-24-8-2-4-10-26(24)22-33(31)40/h1-21,26,39,41H,22H2. The molecule has 2 aliphatic carbocycles. The average Bonchev–Trinajstić information content (AvgIpc) is 3.55. The lowest BCUT2D eigenvalue weighted by Crippen LogP contribution is -2.14. The Labute approximate surface area is 242 Å². The molecule has 5 aromatic carbocycles. The van der Waals surface area contributed by atoms with Gasteiger partial charge in [0.15, 0.2) is 0 Å². The first-order chi connectivity index (χ1) is 20.7. The number of aromatic hydroxyl groups is 1. The smallest absolute Gasteiger partial charge is 0.139 e. The number of aromatic nitrogens is 1. The van der Waals surface area contributed by atoms with E-state index >= 15 is 0 Å². The summed E-state index contributed by atoms with van der Waals surface area (Å²) in [5.41, 5.74) is 9.44. The van der Waals surface area contributed by atoms with Crippen molar-refractivity contribution in [1.29, 1.82) is 0 Å². The molecule has 2 N–H and O–H groups in total. The maximum atomic E-state index is 10.9. The first-order valence-corrected chi connectivity index (χ1v) is 14.3. The van der Waals surface area contributed by atoms with Gasteiger partial charge in [-0.1, -0.05) is 66.8 Å². The van der Waals surface area contributed by atoms with Gasteiger partial charge in [0.05, 0.1) is 16.6 Å². The second kappa shape index (κ2) is 8.76. The number of phenolic OH excluding ortho intramolecular Hbond substituents is 1. The predicted octanol–water partition coefficient (Wildman–Crippen LogP) is 9.81. The van der Waals surface area contributed by atoms with Crippen molar-refractivity contribution in [1.82, 2.24) is 4.57 Å². The lowest BCUT2D eigenvalue weighted by atomic mass is 9.83. The first kappa shape index (κ1) is 23.2. The number of phenols is 1. The third-order valence-corrected chi connectivity index (χ3v) is 8.79. The van der Waals surface area contributed by atoms with E-state index in [2.05, 4.69) is 101 Å². The van der Waals surface area contributed by atoms with E-state index in [4.69, 9.17) is 4.42 Å². The molecular weight excluding hydrogens is 516 g/mol. The number of hydrogen-bond acceptors (Lipinski definition) is 3. The minimum Gasteiger partial charge on any atom is -0.506 e. The molecular formula is C38H26N2O2. The number of nitrogens with zero attached hydrogens (tertiary/aromatic N) is 1. The van der Waals surface area contributed by atoms with Crippen LogP contribution in [-0.2, 0) is 6.42 Å². The Morgan fingerprint density at radius 1 is 0.786 bits per heavy atom. The van der Waals surface area contributed by atoms with E-state index in [9.17, 15) is 5.11 Å². The molecule has 0 aliphatic heterocycles. The van der Waals surface area contributed by atoms with E-state index in [1.165, 1.54) is 38.5 Å². The molecule has 2 heterocycles. The number of benzene rings is 5. The maximum Gasteiger partial charge on any atom is 0.139 e. The number of anilines is 2. The molecule has 0 saturated carbocycles. The molecule has 2 aromatic heterocycles. The van der Waals surface area contributed by atoms with Crippen LogP contribution in [-0.4, -0.2) is 9.67 Å². The molecule has 0 spiro atoms. The molecule has 0 bridgehead atoms. The molecule has 4 nitrogen and oxygen atoms in total. The van der Waals surface area contributed by atoms with Crippen LogP contribution in [0.15, 0.2) is 131 Å². The normalized spacial score (nSPS) is 15.8. The first-order valence-electron chi connectivity index (χ1n) is 14.3. The molecule has 200 valence electrons. The molecule has 2 aliphatic rings. The summed E-state index contributed by atoms with van der Waals surface area (Å²) in [4.78, 5) is 0. The zero-order valence-corrected chi connectivity index (χ0v) is 22.7. The highest BCUT2D eigenvalue weighted by Crippen LogP contribution is 2.43. The summed E-state index contributed by atoms with van der Waals surface area (Å²) in [6, 6.07) is 33.2. The van der Waals surface area contributed by atoms with E-state index < -0.39 is 0 Å². The summed E-state index contributed by atoms with van der Waals surface area (Å²) in [6.45, 7) is 0. The summed E-state index contributed by atoms with van der Waals surface area (Å²) >= 11 is 0. The second-order valence-electron chi connectivity index (χ2n) is 11.2. The summed E-state index contributed by atoms with van der Waals surface area (Å²) in [5.74, 6) is 0.571. The fourth-order valence-corrected chi connectivity index (χ4v) is 6.79. The Hall–Kier alpha value is -5.48. The van der Waals surface area contributed by atoms with Crippen LogP contribution in [0, 0.1) is 5.92 Å². The van der Waals surface area contributed by atoms with Crippen molar-refractivity contribution in [3.05, 3.63) is 138 Å². The number of hydrogen-bond donors (Lipinski definition) is 2. The highest BCUT2D eigenvalue weighted by molar-refractivity contribution is 6.13. The lowest BCUT2D eigenvalue weighted by molar-refractivity contribution is 0.478. The van der Waals surface area contributed by atoms with Gasteiger partial charge >= 0.3 is 0 Å². The van der Waals surface area contributed by atoms with Gasteiger partial charge in [-0.15, -0.1) is 0 Å². The molecule has 4 heteroatoms. The fourth-order valence-electron chi connectivity index (χ4n) is 6.79. The molecule has 0 radical (unpaired) electrons. The van der Waals surface area contributed by atoms with Crippen molar-refractivity contribution in [2.45, 2.75) is 6.42 Å². The summed E-state index contributed by atoms with van der Waals surface area (Å²) in [7, 11) is 0. The van der Waals surface area contributed by atoms with E-state index in [-0.39, 0.29) is 5.75 Å². The molecule has 0 saturated heterocycles. The van der Waals surface area contributed by atoms with Crippen molar-refractivity contribution in [2.24, 2.45) is 5.92 Å². The van der Waals surface area contributed by atoms with Gasteiger partial charge in [-0.3, -0.25) is 0 Å². The quantitative estimate of drug-likeness (QED) is 0.219. The number of rotatable bonds is 3. The van der Waals surface area contributed by atoms with E-state index in [0.29, 0.717) is 11.6 Å². The predicted molar refractivity (Wildman–Crippen MR) is 173 cm³/mol. The molecule has 9 rings (SSSR count). The van der Waals surface area contributed by atoms with Gasteiger partial charge in [0.2, 0.25) is 0 Å². The van der Waals surface area contributed by atoms with Crippen molar-refractivity contribution in [3.63, 3.8) is 0 Å². The Bertz CT molecular complexity index is 2310. The molecule has 1 unspecified atom stereocenters. The molecule has 1 atom stereocenters. The average molecular weight is 543 g/mol. The fraction of sp³-hybridized carbons (Fsp3) is 0.0526. The Morgan fingerprint density at radius 2 is 1.60 bits per heavy atom. The third-order valence-electron chi connectivity index (χ3n) is 8.79. The van der Waals surface area contributed by atoms with Gasteiger partial charge < -0.3 is 19.4 Å². The number of fused-ring (bicyclic) bond motifs is 8. The van der Waals surface area contributed by atoms with Gasteiger partial charge in [0, 0.05) is 39.3 Å². The molecule has 7 aromatic rings. The van der Waals surface area contributed by atoms with E-state index in [1.807, 2.05) is 30.3 Å². The van der Waals surface area contributed by atoms with Crippen LogP contribution in [0.4, 0.5) is 11.4 Å². The Balaban J connectivity index is 1.18. The maximum absolute atomic E-state index is 10.9. The minimum atomic E-state index is 0.188. The van der Waals surface area contributed by atoms with Gasteiger partial charge in [-0.25, -0.2) is 0 Å². The molecule has 0 fully saturated rings. The summed E-state index contributed by atoms with van der Waals surface area (Å²) < 4.78 is 8.48. The van der Waals surface area contributed by atoms with Gasteiger partial charge in [-0.05, 0) is 83.4 Å². The van der Waals surface area contributed by atoms with Gasteiger partial charge in [0.25, 0.3) is 0 Å². The zero-order chi connectivity index (χ0) is 27.8. The van der Waals surface area contributed by atoms with E-state index in [0.717, 1.165) is 39.7 Å². The Morgan fingerprint density at radius 3 is 2.48 bits per heavy atom. The van der Waals surface area contributed by atoms with Crippen LogP contribution in [0.2, 0.25) is 0 Å². The van der Waals surface area contributed by atoms with Crippen molar-refractivity contribution >= 4 is 61.1 Å². The van der Waals surface area contributed by atoms with Crippen LogP contribution in [0.3, 0.4) is 0 Å². The Kier molecular flexibility index (Phi) is 4.85. The molecule has 0 amide bonds. The third kappa shape index (κ3) is 3.42. The number of nitrogens with one attached hydrogen (secondary N) is 1. The van der Waals surface area contributed by atoms with Crippen LogP contribution in [0.25, 0.3) is 55.4 Å². The number of allylic oxidation sites excluding steroid dienone is 5. The monoisotopic (exact) mass is 542 g/mol. The minimum absolute atomic E-state index is 0.188. The van der Waals surface area contributed by atoms with Crippen LogP contribution >= 0.6 is 0 Å². The highest BCUT2D eigenvalue weighted by Gasteiger charge is 2.26. The summed E-state index contributed by atoms with van der Waals surface area (Å²) in [5, 5.41) is 20.0. The van der Waals surface area contributed by atoms with Crippen molar-refractivity contribution < 1.29 is 9.52 Å². The number of furan rings is 1. The van der Waals surface area contributed by atoms with Crippen molar-refractivity contribution in [2.75, 3.05) is 5.32 Å². The second-order valence-corrected chi connectivity index (χ2v) is 11.2. The van der Waals surface area contributed by atoms with Crippen LogP contribution in [0.5, 0.6) is 5.75 Å². The molecule has 42 heavy (non-hydrogen) atoms. The van der Waals surface area contributed by atoms with Gasteiger partial charge in [0.1, 0.15) is 16.9 Å². The zero-order valence-electron chi connectivity index (χ0n) is 22.7. The lowest BCUT2D eigenvalue weighted by Gasteiger charge is -2.24.